The smallest absolute Gasteiger partial charge is 0.310 e. The Hall–Kier alpha value is -2.04. The van der Waals surface area contributed by atoms with Crippen LogP contribution in [-0.4, -0.2) is 37.0 Å². The lowest BCUT2D eigenvalue weighted by Crippen LogP contribution is -2.37. The molecule has 5 heteroatoms. The van der Waals surface area contributed by atoms with E-state index in [2.05, 4.69) is 0 Å². The highest BCUT2D eigenvalue weighted by Crippen LogP contribution is 2.28. The zero-order valence-electron chi connectivity index (χ0n) is 13.6. The molecule has 0 radical (unpaired) electrons. The Morgan fingerprint density at radius 3 is 2.68 bits per heavy atom. The second kappa shape index (κ2) is 6.81. The highest BCUT2D eigenvalue weighted by molar-refractivity contribution is 5.99. The van der Waals surface area contributed by atoms with Crippen LogP contribution >= 0.6 is 0 Å². The van der Waals surface area contributed by atoms with Crippen LogP contribution in [0.1, 0.15) is 36.7 Å². The van der Waals surface area contributed by atoms with Crippen molar-refractivity contribution in [2.24, 2.45) is 11.8 Å². The van der Waals surface area contributed by atoms with Gasteiger partial charge in [-0.3, -0.25) is 9.59 Å². The molecule has 120 valence electrons. The Morgan fingerprint density at radius 2 is 2.09 bits per heavy atom. The molecular weight excluding hydrogens is 282 g/mol. The Labute approximate surface area is 131 Å². The van der Waals surface area contributed by atoms with Crippen LogP contribution in [0.3, 0.4) is 0 Å². The van der Waals surface area contributed by atoms with E-state index in [9.17, 15) is 9.59 Å². The number of amides is 1. The molecule has 0 bridgehead atoms. The van der Waals surface area contributed by atoms with Crippen molar-refractivity contribution in [2.75, 3.05) is 20.3 Å². The van der Waals surface area contributed by atoms with E-state index >= 15 is 0 Å². The monoisotopic (exact) mass is 305 g/mol. The number of nitrogens with zero attached hydrogens (tertiary/aromatic N) is 1. The molecule has 1 aromatic rings. The average Bonchev–Trinajstić information content (AvgIpc) is 2.80. The van der Waals surface area contributed by atoms with Crippen molar-refractivity contribution in [1.82, 2.24) is 4.90 Å². The molecule has 1 unspecified atom stereocenters. The van der Waals surface area contributed by atoms with E-state index < -0.39 is 0 Å². The molecule has 2 rings (SSSR count). The molecule has 0 fully saturated rings. The van der Waals surface area contributed by atoms with Crippen molar-refractivity contribution in [2.45, 2.75) is 27.3 Å². The van der Waals surface area contributed by atoms with Crippen molar-refractivity contribution >= 4 is 11.9 Å². The van der Waals surface area contributed by atoms with Crippen LogP contribution in [0, 0.1) is 11.8 Å². The molecule has 5 nitrogen and oxygen atoms in total. The molecule has 1 aromatic carbocycles. The highest BCUT2D eigenvalue weighted by atomic mass is 16.5. The minimum Gasteiger partial charge on any atom is -0.497 e. The molecule has 0 aliphatic carbocycles. The summed E-state index contributed by atoms with van der Waals surface area (Å²) < 4.78 is 10.3. The van der Waals surface area contributed by atoms with Gasteiger partial charge in [-0.15, -0.1) is 0 Å². The molecule has 0 spiro atoms. The van der Waals surface area contributed by atoms with Gasteiger partial charge >= 0.3 is 5.97 Å². The fourth-order valence-corrected chi connectivity index (χ4v) is 2.66. The molecular formula is C17H23NO4. The van der Waals surface area contributed by atoms with Gasteiger partial charge in [-0.2, -0.15) is 0 Å². The van der Waals surface area contributed by atoms with Crippen molar-refractivity contribution in [1.29, 1.82) is 0 Å². The summed E-state index contributed by atoms with van der Waals surface area (Å²) in [5.41, 5.74) is 1.63. The highest BCUT2D eigenvalue weighted by Gasteiger charge is 2.33. The molecule has 1 heterocycles. The van der Waals surface area contributed by atoms with E-state index in [1.165, 1.54) is 0 Å². The topological polar surface area (TPSA) is 55.8 Å². The van der Waals surface area contributed by atoms with Crippen LogP contribution in [0.2, 0.25) is 0 Å². The van der Waals surface area contributed by atoms with Crippen molar-refractivity contribution in [3.8, 4) is 5.75 Å². The van der Waals surface area contributed by atoms with Crippen LogP contribution in [0.25, 0.3) is 0 Å². The number of carbonyl (C=O) groups is 2. The fraction of sp³-hybridized carbons (Fsp3) is 0.529. The molecule has 0 saturated carbocycles. The lowest BCUT2D eigenvalue weighted by atomic mass is 9.95. The fourth-order valence-electron chi connectivity index (χ4n) is 2.66. The van der Waals surface area contributed by atoms with E-state index in [1.807, 2.05) is 26.0 Å². The molecule has 1 aliphatic heterocycles. The first kappa shape index (κ1) is 16.3. The molecule has 1 aliphatic rings. The number of esters is 1. The standard InChI is InChI=1S/C17H23NO4/c1-5-22-17(20)15(11(2)3)10-18-9-12-6-7-13(21-4)8-14(12)16(18)19/h6-8,11,15H,5,9-10H2,1-4H3. The van der Waals surface area contributed by atoms with Gasteiger partial charge in [0, 0.05) is 18.7 Å². The van der Waals surface area contributed by atoms with Gasteiger partial charge in [0.05, 0.1) is 19.6 Å². The minimum atomic E-state index is -0.305. The van der Waals surface area contributed by atoms with Gasteiger partial charge in [-0.25, -0.2) is 0 Å². The lowest BCUT2D eigenvalue weighted by molar-refractivity contribution is -0.150. The van der Waals surface area contributed by atoms with Gasteiger partial charge < -0.3 is 14.4 Å². The summed E-state index contributed by atoms with van der Waals surface area (Å²) in [6.07, 6.45) is 0. The number of carbonyl (C=O) groups excluding carboxylic acids is 2. The molecule has 1 atom stereocenters. The van der Waals surface area contributed by atoms with Gasteiger partial charge in [0.1, 0.15) is 5.75 Å². The first-order valence-corrected chi connectivity index (χ1v) is 7.60. The number of hydrogen-bond donors (Lipinski definition) is 0. The Bertz CT molecular complexity index is 568. The molecule has 0 aromatic heterocycles. The molecule has 1 amide bonds. The van der Waals surface area contributed by atoms with E-state index in [1.54, 1.807) is 25.0 Å². The van der Waals surface area contributed by atoms with Crippen LogP contribution in [-0.2, 0) is 16.1 Å². The lowest BCUT2D eigenvalue weighted by Gasteiger charge is -2.25. The number of fused-ring (bicyclic) bond motifs is 1. The summed E-state index contributed by atoms with van der Waals surface area (Å²) in [7, 11) is 1.58. The predicted octanol–water partition coefficient (Wildman–Crippen LogP) is 2.49. The van der Waals surface area contributed by atoms with Gasteiger partial charge in [0.25, 0.3) is 5.91 Å². The van der Waals surface area contributed by atoms with Gasteiger partial charge in [0.15, 0.2) is 0 Å². The first-order chi connectivity index (χ1) is 10.5. The van der Waals surface area contributed by atoms with Crippen LogP contribution in [0.5, 0.6) is 5.75 Å². The van der Waals surface area contributed by atoms with E-state index in [-0.39, 0.29) is 23.7 Å². The van der Waals surface area contributed by atoms with Crippen molar-refractivity contribution in [3.63, 3.8) is 0 Å². The second-order valence-corrected chi connectivity index (χ2v) is 5.81. The number of benzene rings is 1. The maximum absolute atomic E-state index is 12.5. The van der Waals surface area contributed by atoms with Crippen LogP contribution in [0.4, 0.5) is 0 Å². The number of methoxy groups -OCH3 is 1. The summed E-state index contributed by atoms with van der Waals surface area (Å²) in [6.45, 7) is 7.00. The third-order valence-corrected chi connectivity index (χ3v) is 4.01. The van der Waals surface area contributed by atoms with E-state index in [4.69, 9.17) is 9.47 Å². The molecule has 22 heavy (non-hydrogen) atoms. The predicted molar refractivity (Wildman–Crippen MR) is 82.7 cm³/mol. The van der Waals surface area contributed by atoms with Crippen LogP contribution in [0.15, 0.2) is 18.2 Å². The van der Waals surface area contributed by atoms with E-state index in [0.29, 0.717) is 31.0 Å². The Balaban J connectivity index is 2.14. The number of rotatable bonds is 6. The number of hydrogen-bond acceptors (Lipinski definition) is 4. The summed E-state index contributed by atoms with van der Waals surface area (Å²) in [5, 5.41) is 0. The van der Waals surface area contributed by atoms with E-state index in [0.717, 1.165) is 5.56 Å². The Morgan fingerprint density at radius 1 is 1.36 bits per heavy atom. The van der Waals surface area contributed by atoms with Gasteiger partial charge in [0.2, 0.25) is 0 Å². The molecule has 0 saturated heterocycles. The van der Waals surface area contributed by atoms with Crippen molar-refractivity contribution in [3.05, 3.63) is 29.3 Å². The first-order valence-electron chi connectivity index (χ1n) is 7.60. The maximum atomic E-state index is 12.5. The average molecular weight is 305 g/mol. The van der Waals surface area contributed by atoms with Gasteiger partial charge in [-0.05, 0) is 30.5 Å². The third-order valence-electron chi connectivity index (χ3n) is 4.01. The Kier molecular flexibility index (Phi) is 5.06. The summed E-state index contributed by atoms with van der Waals surface area (Å²) in [5.74, 6) is 0.188. The maximum Gasteiger partial charge on any atom is 0.310 e. The largest absolute Gasteiger partial charge is 0.497 e. The normalized spacial score (nSPS) is 15.0. The second-order valence-electron chi connectivity index (χ2n) is 5.81. The summed E-state index contributed by atoms with van der Waals surface area (Å²) >= 11 is 0. The molecule has 0 N–H and O–H groups in total. The summed E-state index contributed by atoms with van der Waals surface area (Å²) in [6, 6.07) is 5.51. The SMILES string of the molecule is CCOC(=O)C(CN1Cc2ccc(OC)cc2C1=O)C(C)C. The minimum absolute atomic E-state index is 0.0520. The summed E-state index contributed by atoms with van der Waals surface area (Å²) in [4.78, 5) is 26.3. The number of ether oxygens (including phenoxy) is 2. The quantitative estimate of drug-likeness (QED) is 0.758. The van der Waals surface area contributed by atoms with Crippen molar-refractivity contribution < 1.29 is 19.1 Å². The zero-order valence-corrected chi connectivity index (χ0v) is 13.6. The van der Waals surface area contributed by atoms with Gasteiger partial charge in [-0.1, -0.05) is 19.9 Å². The van der Waals surface area contributed by atoms with Crippen LogP contribution < -0.4 is 4.74 Å². The zero-order chi connectivity index (χ0) is 16.3. The third kappa shape index (κ3) is 3.24.